The molecule has 0 radical (unpaired) electrons. The molecule has 2 unspecified atom stereocenters. The number of hydrogen-bond donors (Lipinski definition) is 2. The van der Waals surface area contributed by atoms with Crippen molar-refractivity contribution in [2.75, 3.05) is 25.9 Å². The van der Waals surface area contributed by atoms with Gasteiger partial charge < -0.3 is 15.3 Å². The van der Waals surface area contributed by atoms with Crippen LogP contribution in [0.2, 0.25) is 0 Å². The Kier molecular flexibility index (Phi) is 5.37. The zero-order valence-corrected chi connectivity index (χ0v) is 13.7. The second-order valence-electron chi connectivity index (χ2n) is 6.17. The monoisotopic (exact) mass is 315 g/mol. The molecule has 2 N–H and O–H groups in total. The van der Waals surface area contributed by atoms with Crippen molar-refractivity contribution in [3.8, 4) is 0 Å². The molecule has 2 rings (SSSR count). The SMILES string of the molecule is CC(C)C1SCC(C(=O)O)N1C(=O)NCCN(C)C1CC1. The third kappa shape index (κ3) is 4.03. The number of carbonyl (C=O) groups excluding carboxylic acids is 1. The Morgan fingerprint density at radius 1 is 1.43 bits per heavy atom. The molecule has 0 bridgehead atoms. The van der Waals surface area contributed by atoms with E-state index < -0.39 is 12.0 Å². The van der Waals surface area contributed by atoms with Gasteiger partial charge in [-0.1, -0.05) is 13.8 Å². The Morgan fingerprint density at radius 2 is 2.10 bits per heavy atom. The zero-order valence-electron chi connectivity index (χ0n) is 12.9. The van der Waals surface area contributed by atoms with Crippen molar-refractivity contribution in [2.45, 2.75) is 44.1 Å². The number of carboxylic acid groups (broad SMARTS) is 1. The summed E-state index contributed by atoms with van der Waals surface area (Å²) in [5.74, 6) is -0.219. The maximum Gasteiger partial charge on any atom is 0.327 e. The molecular weight excluding hydrogens is 290 g/mol. The third-order valence-electron chi connectivity index (χ3n) is 4.04. The molecule has 1 saturated heterocycles. The van der Waals surface area contributed by atoms with Crippen LogP contribution in [0.3, 0.4) is 0 Å². The lowest BCUT2D eigenvalue weighted by atomic mass is 10.2. The molecule has 0 aromatic heterocycles. The highest BCUT2D eigenvalue weighted by molar-refractivity contribution is 8.00. The number of carboxylic acids is 1. The molecule has 1 heterocycles. The second-order valence-corrected chi connectivity index (χ2v) is 7.32. The summed E-state index contributed by atoms with van der Waals surface area (Å²) in [5, 5.41) is 12.1. The first-order valence-corrected chi connectivity index (χ1v) is 8.57. The van der Waals surface area contributed by atoms with E-state index in [-0.39, 0.29) is 17.3 Å². The van der Waals surface area contributed by atoms with Gasteiger partial charge in [0, 0.05) is 24.9 Å². The van der Waals surface area contributed by atoms with Gasteiger partial charge in [0.1, 0.15) is 6.04 Å². The number of likely N-dealkylation sites (N-methyl/N-ethyl adjacent to an activating group) is 1. The van der Waals surface area contributed by atoms with E-state index in [2.05, 4.69) is 17.3 Å². The van der Waals surface area contributed by atoms with E-state index in [1.165, 1.54) is 17.7 Å². The maximum absolute atomic E-state index is 12.4. The topological polar surface area (TPSA) is 72.9 Å². The summed E-state index contributed by atoms with van der Waals surface area (Å²) in [5.41, 5.74) is 0. The highest BCUT2D eigenvalue weighted by atomic mass is 32.2. The van der Waals surface area contributed by atoms with Crippen LogP contribution in [0.15, 0.2) is 0 Å². The molecule has 2 fully saturated rings. The van der Waals surface area contributed by atoms with Gasteiger partial charge in [-0.25, -0.2) is 9.59 Å². The Hall–Kier alpha value is -0.950. The number of rotatable bonds is 6. The summed E-state index contributed by atoms with van der Waals surface area (Å²) in [4.78, 5) is 27.4. The van der Waals surface area contributed by atoms with Gasteiger partial charge in [-0.15, -0.1) is 11.8 Å². The van der Waals surface area contributed by atoms with Crippen molar-refractivity contribution in [1.82, 2.24) is 15.1 Å². The highest BCUT2D eigenvalue weighted by Gasteiger charge is 2.42. The number of amides is 2. The highest BCUT2D eigenvalue weighted by Crippen LogP contribution is 2.34. The molecule has 1 aliphatic heterocycles. The molecular formula is C14H25N3O3S. The van der Waals surface area contributed by atoms with E-state index in [9.17, 15) is 14.7 Å². The van der Waals surface area contributed by atoms with Crippen LogP contribution in [0.4, 0.5) is 4.79 Å². The van der Waals surface area contributed by atoms with Crippen molar-refractivity contribution in [1.29, 1.82) is 0 Å². The summed E-state index contributed by atoms with van der Waals surface area (Å²) in [6.07, 6.45) is 2.48. The second kappa shape index (κ2) is 6.87. The van der Waals surface area contributed by atoms with Gasteiger partial charge >= 0.3 is 12.0 Å². The summed E-state index contributed by atoms with van der Waals surface area (Å²) < 4.78 is 0. The van der Waals surface area contributed by atoms with Gasteiger partial charge in [0.25, 0.3) is 0 Å². The number of thioether (sulfide) groups is 1. The van der Waals surface area contributed by atoms with E-state index in [1.807, 2.05) is 13.8 Å². The average Bonchev–Trinajstić information content (AvgIpc) is 3.15. The lowest BCUT2D eigenvalue weighted by Crippen LogP contribution is -2.52. The van der Waals surface area contributed by atoms with Crippen LogP contribution in [0.25, 0.3) is 0 Å². The molecule has 0 aromatic carbocycles. The van der Waals surface area contributed by atoms with Gasteiger partial charge in [0.15, 0.2) is 0 Å². The first kappa shape index (κ1) is 16.4. The molecule has 0 aromatic rings. The average molecular weight is 315 g/mol. The van der Waals surface area contributed by atoms with Crippen molar-refractivity contribution >= 4 is 23.8 Å². The Labute approximate surface area is 130 Å². The van der Waals surface area contributed by atoms with Gasteiger partial charge in [0.2, 0.25) is 0 Å². The molecule has 2 atom stereocenters. The number of nitrogens with one attached hydrogen (secondary N) is 1. The summed E-state index contributed by atoms with van der Waals surface area (Å²) in [6.45, 7) is 5.40. The molecule has 2 aliphatic rings. The Balaban J connectivity index is 1.88. The molecule has 7 heteroatoms. The van der Waals surface area contributed by atoms with E-state index in [1.54, 1.807) is 11.8 Å². The van der Waals surface area contributed by atoms with Crippen LogP contribution in [0.5, 0.6) is 0 Å². The zero-order chi connectivity index (χ0) is 15.6. The number of urea groups is 1. The molecule has 0 spiro atoms. The van der Waals surface area contributed by atoms with Crippen molar-refractivity contribution < 1.29 is 14.7 Å². The van der Waals surface area contributed by atoms with Crippen LogP contribution in [-0.4, -0.2) is 70.3 Å². The van der Waals surface area contributed by atoms with Crippen LogP contribution in [0.1, 0.15) is 26.7 Å². The Morgan fingerprint density at radius 3 is 2.62 bits per heavy atom. The molecule has 2 amide bonds. The van der Waals surface area contributed by atoms with Crippen LogP contribution in [0, 0.1) is 5.92 Å². The fourth-order valence-corrected chi connectivity index (χ4v) is 4.09. The molecule has 6 nitrogen and oxygen atoms in total. The predicted molar refractivity (Wildman–Crippen MR) is 83.4 cm³/mol. The van der Waals surface area contributed by atoms with Crippen LogP contribution in [-0.2, 0) is 4.79 Å². The number of carbonyl (C=O) groups is 2. The molecule has 1 aliphatic carbocycles. The lowest BCUT2D eigenvalue weighted by Gasteiger charge is -2.30. The molecule has 1 saturated carbocycles. The number of aliphatic carboxylic acids is 1. The number of nitrogens with zero attached hydrogens (tertiary/aromatic N) is 2. The third-order valence-corrected chi connectivity index (χ3v) is 5.66. The lowest BCUT2D eigenvalue weighted by molar-refractivity contribution is -0.141. The maximum atomic E-state index is 12.4. The minimum Gasteiger partial charge on any atom is -0.480 e. The van der Waals surface area contributed by atoms with Crippen molar-refractivity contribution in [3.63, 3.8) is 0 Å². The van der Waals surface area contributed by atoms with Gasteiger partial charge in [-0.2, -0.15) is 0 Å². The minimum absolute atomic E-state index is 0.0627. The first-order chi connectivity index (χ1) is 9.91. The smallest absolute Gasteiger partial charge is 0.327 e. The van der Waals surface area contributed by atoms with Gasteiger partial charge in [-0.05, 0) is 25.8 Å². The van der Waals surface area contributed by atoms with E-state index >= 15 is 0 Å². The quantitative estimate of drug-likeness (QED) is 0.772. The summed E-state index contributed by atoms with van der Waals surface area (Å²) >= 11 is 1.55. The van der Waals surface area contributed by atoms with E-state index in [0.29, 0.717) is 18.3 Å². The van der Waals surface area contributed by atoms with Crippen molar-refractivity contribution in [2.24, 2.45) is 5.92 Å². The summed E-state index contributed by atoms with van der Waals surface area (Å²) in [6, 6.07) is -0.307. The van der Waals surface area contributed by atoms with Crippen molar-refractivity contribution in [3.05, 3.63) is 0 Å². The summed E-state index contributed by atoms with van der Waals surface area (Å²) in [7, 11) is 2.06. The minimum atomic E-state index is -0.920. The van der Waals surface area contributed by atoms with Gasteiger partial charge in [0.05, 0.1) is 5.37 Å². The van der Waals surface area contributed by atoms with E-state index in [4.69, 9.17) is 0 Å². The fraction of sp³-hybridized carbons (Fsp3) is 0.857. The normalized spacial score (nSPS) is 25.7. The number of hydrogen-bond acceptors (Lipinski definition) is 4. The predicted octanol–water partition coefficient (Wildman–Crippen LogP) is 1.27. The molecule has 120 valence electrons. The fourth-order valence-electron chi connectivity index (χ4n) is 2.62. The van der Waals surface area contributed by atoms with Gasteiger partial charge in [-0.3, -0.25) is 4.90 Å². The molecule has 21 heavy (non-hydrogen) atoms. The standard InChI is InChI=1S/C14H25N3O3S/c1-9(2)12-17(11(8-21-12)13(18)19)14(20)15-6-7-16(3)10-4-5-10/h9-12H,4-8H2,1-3H3,(H,15,20)(H,18,19). The first-order valence-electron chi connectivity index (χ1n) is 7.52. The van der Waals surface area contributed by atoms with E-state index in [0.717, 1.165) is 6.54 Å². The largest absolute Gasteiger partial charge is 0.480 e. The van der Waals surface area contributed by atoms with Crippen LogP contribution < -0.4 is 5.32 Å². The Bertz CT molecular complexity index is 401. The van der Waals surface area contributed by atoms with Crippen LogP contribution >= 0.6 is 11.8 Å².